The van der Waals surface area contributed by atoms with Crippen LogP contribution in [0.5, 0.6) is 0 Å². The molecule has 40 heavy (non-hydrogen) atoms. The van der Waals surface area contributed by atoms with E-state index in [2.05, 4.69) is 89.6 Å². The van der Waals surface area contributed by atoms with Crippen LogP contribution >= 0.6 is 0 Å². The molecule has 1 N–H and O–H groups in total. The number of hydrogen-bond acceptors (Lipinski definition) is 6. The Kier molecular flexibility index (Phi) is 6.67. The second-order valence-electron chi connectivity index (χ2n) is 13.6. The fraction of sp³-hybridized carbons (Fsp3) is 0.559. The minimum absolute atomic E-state index is 0.185. The van der Waals surface area contributed by atoms with Crippen molar-refractivity contribution in [2.45, 2.75) is 64.3 Å². The van der Waals surface area contributed by atoms with Gasteiger partial charge in [-0.1, -0.05) is 18.2 Å². The lowest BCUT2D eigenvalue weighted by atomic mass is 9.47. The largest absolute Gasteiger partial charge is 0.380 e. The lowest BCUT2D eigenvalue weighted by Crippen LogP contribution is -2.60. The summed E-state index contributed by atoms with van der Waals surface area (Å²) >= 11 is 0. The molecule has 2 aromatic carbocycles. The van der Waals surface area contributed by atoms with Crippen molar-refractivity contribution < 1.29 is 4.74 Å². The van der Waals surface area contributed by atoms with Gasteiger partial charge in [0.2, 0.25) is 6.35 Å². The van der Waals surface area contributed by atoms with Gasteiger partial charge in [0.25, 0.3) is 0 Å². The summed E-state index contributed by atoms with van der Waals surface area (Å²) < 4.78 is 6.77. The SMILES string of the molecule is Cc1cccc(C)c1N1C=CC=NC1OCC12CC3CC(C1)CC(Nc1ccc(N4CCN(C)CC4)cc1)(C3)C2. The van der Waals surface area contributed by atoms with E-state index in [4.69, 9.17) is 9.73 Å². The first-order valence-corrected chi connectivity index (χ1v) is 15.4. The molecule has 3 unspecified atom stereocenters. The Balaban J connectivity index is 1.05. The van der Waals surface area contributed by atoms with Crippen LogP contribution in [-0.2, 0) is 4.74 Å². The van der Waals surface area contributed by atoms with Gasteiger partial charge >= 0.3 is 0 Å². The standard InChI is InChI=1S/C34H45N5O/c1-25-6-4-7-26(2)31(25)39-13-5-12-35-32(39)40-24-33-19-27-18-28(20-33)22-34(21-27,23-33)36-29-8-10-30(11-9-29)38-16-14-37(3)15-17-38/h4-13,27-28,32,36H,14-24H2,1-3H3. The van der Waals surface area contributed by atoms with Crippen LogP contribution in [0.3, 0.4) is 0 Å². The number of anilines is 3. The Labute approximate surface area is 240 Å². The minimum Gasteiger partial charge on any atom is -0.380 e. The second-order valence-corrected chi connectivity index (χ2v) is 13.6. The van der Waals surface area contributed by atoms with E-state index >= 15 is 0 Å². The van der Waals surface area contributed by atoms with E-state index in [-0.39, 0.29) is 17.3 Å². The number of likely N-dealkylation sites (N-methyl/N-ethyl adjacent to an activating group) is 1. The van der Waals surface area contributed by atoms with E-state index in [1.807, 2.05) is 12.3 Å². The fourth-order valence-corrected chi connectivity index (χ4v) is 9.07. The molecule has 2 aromatic rings. The van der Waals surface area contributed by atoms with E-state index in [9.17, 15) is 0 Å². The molecular formula is C34H45N5O. The monoisotopic (exact) mass is 539 g/mol. The summed E-state index contributed by atoms with van der Waals surface area (Å²) in [4.78, 5) is 11.9. The maximum absolute atomic E-state index is 6.77. The second kappa shape index (κ2) is 10.2. The number of aryl methyl sites for hydroxylation is 2. The number of rotatable bonds is 7. The van der Waals surface area contributed by atoms with Crippen molar-refractivity contribution in [2.75, 3.05) is 55.0 Å². The summed E-state index contributed by atoms with van der Waals surface area (Å²) in [7, 11) is 2.22. The summed E-state index contributed by atoms with van der Waals surface area (Å²) in [6.07, 6.45) is 13.5. The molecule has 0 spiro atoms. The number of para-hydroxylation sites is 1. The van der Waals surface area contributed by atoms with Crippen molar-refractivity contribution in [1.29, 1.82) is 0 Å². The van der Waals surface area contributed by atoms with E-state index in [1.165, 1.54) is 66.7 Å². The summed E-state index contributed by atoms with van der Waals surface area (Å²) in [5.74, 6) is 1.60. The topological polar surface area (TPSA) is 43.3 Å². The highest BCUT2D eigenvalue weighted by atomic mass is 16.5. The molecule has 6 aliphatic rings. The third-order valence-electron chi connectivity index (χ3n) is 10.3. The molecule has 212 valence electrons. The molecule has 4 saturated carbocycles. The van der Waals surface area contributed by atoms with Gasteiger partial charge in [-0.2, -0.15) is 0 Å². The molecule has 4 bridgehead atoms. The van der Waals surface area contributed by atoms with Crippen molar-refractivity contribution in [2.24, 2.45) is 22.2 Å². The first-order valence-electron chi connectivity index (χ1n) is 15.4. The number of nitrogens with zero attached hydrogens (tertiary/aromatic N) is 4. The van der Waals surface area contributed by atoms with Gasteiger partial charge in [-0.05, 0) is 118 Å². The summed E-state index contributed by atoms with van der Waals surface area (Å²) in [5.41, 5.74) is 6.77. The van der Waals surface area contributed by atoms with E-state index in [0.717, 1.165) is 44.6 Å². The normalized spacial score (nSPS) is 33.1. The predicted molar refractivity (Wildman–Crippen MR) is 165 cm³/mol. The highest BCUT2D eigenvalue weighted by Crippen LogP contribution is 2.62. The Hall–Kier alpha value is -2.83. The van der Waals surface area contributed by atoms with E-state index in [1.54, 1.807) is 0 Å². The first kappa shape index (κ1) is 26.1. The molecule has 8 rings (SSSR count). The van der Waals surface area contributed by atoms with Crippen LogP contribution in [0.15, 0.2) is 59.7 Å². The third-order valence-corrected chi connectivity index (χ3v) is 10.3. The zero-order chi connectivity index (χ0) is 27.3. The van der Waals surface area contributed by atoms with Crippen LogP contribution in [0.2, 0.25) is 0 Å². The molecular weight excluding hydrogens is 494 g/mol. The van der Waals surface area contributed by atoms with Crippen molar-refractivity contribution in [3.8, 4) is 0 Å². The minimum atomic E-state index is -0.302. The molecule has 6 heteroatoms. The van der Waals surface area contributed by atoms with Crippen molar-refractivity contribution in [3.05, 3.63) is 65.9 Å². The Bertz CT molecular complexity index is 1240. The van der Waals surface area contributed by atoms with Gasteiger partial charge in [0.15, 0.2) is 0 Å². The van der Waals surface area contributed by atoms with Crippen LogP contribution in [0.25, 0.3) is 0 Å². The zero-order valence-electron chi connectivity index (χ0n) is 24.5. The molecule has 4 aliphatic carbocycles. The fourth-order valence-electron chi connectivity index (χ4n) is 9.07. The number of benzene rings is 2. The molecule has 5 fully saturated rings. The number of allylic oxidation sites excluding steroid dienone is 1. The number of ether oxygens (including phenoxy) is 1. The smallest absolute Gasteiger partial charge is 0.231 e. The number of aliphatic imine (C=N–C) groups is 1. The predicted octanol–water partition coefficient (Wildman–Crippen LogP) is 6.21. The van der Waals surface area contributed by atoms with Crippen LogP contribution in [0, 0.1) is 31.1 Å². The summed E-state index contributed by atoms with van der Waals surface area (Å²) in [6, 6.07) is 15.8. The lowest BCUT2D eigenvalue weighted by molar-refractivity contribution is -0.113. The summed E-state index contributed by atoms with van der Waals surface area (Å²) in [5, 5.41) is 4.10. The van der Waals surface area contributed by atoms with Gasteiger partial charge in [-0.25, -0.2) is 4.99 Å². The summed E-state index contributed by atoms with van der Waals surface area (Å²) in [6.45, 7) is 9.64. The van der Waals surface area contributed by atoms with Crippen molar-refractivity contribution >= 4 is 23.3 Å². The van der Waals surface area contributed by atoms with E-state index in [0.29, 0.717) is 0 Å². The van der Waals surface area contributed by atoms with Gasteiger partial charge in [0.1, 0.15) is 0 Å². The van der Waals surface area contributed by atoms with Gasteiger partial charge < -0.3 is 24.8 Å². The third kappa shape index (κ3) is 4.94. The maximum Gasteiger partial charge on any atom is 0.231 e. The van der Waals surface area contributed by atoms with Gasteiger partial charge in [-0.3, -0.25) is 0 Å². The maximum atomic E-state index is 6.77. The molecule has 2 aliphatic heterocycles. The van der Waals surface area contributed by atoms with Crippen molar-refractivity contribution in [1.82, 2.24) is 4.90 Å². The molecule has 3 atom stereocenters. The molecule has 2 heterocycles. The Morgan fingerprint density at radius 2 is 1.62 bits per heavy atom. The van der Waals surface area contributed by atoms with Gasteiger partial charge in [0.05, 0.1) is 12.3 Å². The highest BCUT2D eigenvalue weighted by molar-refractivity contribution is 5.75. The average Bonchev–Trinajstić information content (AvgIpc) is 2.92. The molecule has 6 nitrogen and oxygen atoms in total. The Morgan fingerprint density at radius 3 is 2.33 bits per heavy atom. The number of piperazine rings is 1. The first-order chi connectivity index (χ1) is 19.4. The van der Waals surface area contributed by atoms with Crippen LogP contribution in [0.4, 0.5) is 17.1 Å². The molecule has 0 radical (unpaired) electrons. The van der Waals surface area contributed by atoms with Gasteiger partial charge in [-0.15, -0.1) is 0 Å². The molecule has 0 aromatic heterocycles. The van der Waals surface area contributed by atoms with E-state index < -0.39 is 0 Å². The van der Waals surface area contributed by atoms with Crippen LogP contribution in [0.1, 0.15) is 49.7 Å². The molecule has 1 saturated heterocycles. The van der Waals surface area contributed by atoms with Gasteiger partial charge in [0, 0.05) is 55.5 Å². The van der Waals surface area contributed by atoms with Crippen molar-refractivity contribution in [3.63, 3.8) is 0 Å². The Morgan fingerprint density at radius 1 is 0.925 bits per heavy atom. The lowest BCUT2D eigenvalue weighted by Gasteiger charge is -2.62. The zero-order valence-corrected chi connectivity index (χ0v) is 24.5. The average molecular weight is 540 g/mol. The van der Waals surface area contributed by atoms with Crippen LogP contribution in [-0.4, -0.2) is 62.8 Å². The van der Waals surface area contributed by atoms with Crippen LogP contribution < -0.4 is 15.1 Å². The quantitative estimate of drug-likeness (QED) is 0.453. The highest BCUT2D eigenvalue weighted by Gasteiger charge is 2.58. The number of hydrogen-bond donors (Lipinski definition) is 1. The number of nitrogens with one attached hydrogen (secondary N) is 1. The molecule has 0 amide bonds.